The van der Waals surface area contributed by atoms with Crippen LogP contribution in [0.1, 0.15) is 115 Å². The zero-order valence-corrected chi connectivity index (χ0v) is 45.7. The van der Waals surface area contributed by atoms with Crippen LogP contribution in [0, 0.1) is 16.2 Å². The van der Waals surface area contributed by atoms with Crippen molar-refractivity contribution >= 4 is 35.8 Å². The molecule has 0 heterocycles. The first kappa shape index (κ1) is 70.2. The van der Waals surface area contributed by atoms with Gasteiger partial charge in [-0.1, -0.05) is 20.8 Å². The van der Waals surface area contributed by atoms with E-state index in [-0.39, 0.29) is 29.4 Å². The van der Waals surface area contributed by atoms with E-state index in [9.17, 15) is 72.7 Å². The number of carbonyl (C=O) groups is 6. The van der Waals surface area contributed by atoms with Gasteiger partial charge in [-0.15, -0.1) is 0 Å². The SMILES string of the molecule is CCC(C)(C)C(=O)Oc1ccc(OCC(=O)OC(C)C(F)(F)F)cc1.CCC(C)(C)C(=O)Oc1ccc(OCC(=O)OCC(C)(F)F)cc1.CCC(C)(C)C(=O)Oc1ccc(OCC(=O)OCCCC(F)(F)CC(F)(F)F)cc1. The van der Waals surface area contributed by atoms with Gasteiger partial charge in [0.25, 0.3) is 11.8 Å². The minimum atomic E-state index is -4.96. The largest absolute Gasteiger partial charge is 0.482 e. The fourth-order valence-electron chi connectivity index (χ4n) is 4.89. The van der Waals surface area contributed by atoms with Crippen molar-refractivity contribution in [2.24, 2.45) is 16.2 Å². The molecule has 25 heteroatoms. The van der Waals surface area contributed by atoms with E-state index in [4.69, 9.17) is 28.4 Å². The summed E-state index contributed by atoms with van der Waals surface area (Å²) in [6, 6.07) is 17.7. The smallest absolute Gasteiger partial charge is 0.425 e. The van der Waals surface area contributed by atoms with Gasteiger partial charge in [-0.3, -0.25) is 14.4 Å². The molecule has 444 valence electrons. The maximum Gasteiger partial charge on any atom is 0.425 e. The molecule has 3 aromatic rings. The number of esters is 6. The molecular weight excluding hydrogens is 1080 g/mol. The van der Waals surface area contributed by atoms with Gasteiger partial charge in [0.05, 0.1) is 22.9 Å². The van der Waals surface area contributed by atoms with Gasteiger partial charge in [-0.2, -0.15) is 26.3 Å². The van der Waals surface area contributed by atoms with Crippen LogP contribution in [-0.2, 0) is 43.0 Å². The van der Waals surface area contributed by atoms with Gasteiger partial charge in [0, 0.05) is 13.3 Å². The average molecular weight is 1150 g/mol. The van der Waals surface area contributed by atoms with Gasteiger partial charge < -0.3 is 42.6 Å². The van der Waals surface area contributed by atoms with Gasteiger partial charge in [-0.05, 0) is 147 Å². The average Bonchev–Trinajstić information content (AvgIpc) is 3.35. The van der Waals surface area contributed by atoms with E-state index in [1.807, 2.05) is 20.8 Å². The summed E-state index contributed by atoms with van der Waals surface area (Å²) in [6.07, 6.45) is -13.6. The van der Waals surface area contributed by atoms with E-state index in [2.05, 4.69) is 14.2 Å². The van der Waals surface area contributed by atoms with Crippen molar-refractivity contribution in [1.29, 1.82) is 0 Å². The lowest BCUT2D eigenvalue weighted by Gasteiger charge is -2.20. The van der Waals surface area contributed by atoms with Gasteiger partial charge in [0.1, 0.15) is 40.9 Å². The van der Waals surface area contributed by atoms with Crippen LogP contribution in [0.3, 0.4) is 0 Å². The summed E-state index contributed by atoms with van der Waals surface area (Å²) in [5, 5.41) is 0. The van der Waals surface area contributed by atoms with E-state index < -0.39 is 117 Å². The number of carbonyl (C=O) groups excluding carboxylic acids is 6. The monoisotopic (exact) mass is 1150 g/mol. The zero-order chi connectivity index (χ0) is 60.6. The normalized spacial score (nSPS) is 12.4. The molecule has 0 bridgehead atoms. The summed E-state index contributed by atoms with van der Waals surface area (Å²) in [6.45, 7) is 14.5. The van der Waals surface area contributed by atoms with E-state index in [0.29, 0.717) is 49.2 Å². The van der Waals surface area contributed by atoms with Crippen LogP contribution in [0.5, 0.6) is 34.5 Å². The number of benzene rings is 3. The fourth-order valence-corrected chi connectivity index (χ4v) is 4.89. The highest BCUT2D eigenvalue weighted by Gasteiger charge is 2.43. The summed E-state index contributed by atoms with van der Waals surface area (Å²) in [4.78, 5) is 70.0. The van der Waals surface area contributed by atoms with Crippen LogP contribution in [-0.4, -0.2) is 99.2 Å². The third kappa shape index (κ3) is 29.7. The molecule has 3 aromatic carbocycles. The second-order valence-corrected chi connectivity index (χ2v) is 19.5. The lowest BCUT2D eigenvalue weighted by Crippen LogP contribution is -2.32. The Bertz CT molecular complexity index is 2380. The maximum absolute atomic E-state index is 13.1. The lowest BCUT2D eigenvalue weighted by atomic mass is 9.91. The van der Waals surface area contributed by atoms with E-state index in [1.165, 1.54) is 72.8 Å². The Morgan fingerprint density at radius 3 is 1.05 bits per heavy atom. The topological polar surface area (TPSA) is 185 Å². The summed E-state index contributed by atoms with van der Waals surface area (Å²) in [5.41, 5.74) is -1.83. The molecule has 0 N–H and O–H groups in total. The maximum atomic E-state index is 13.1. The summed E-state index contributed by atoms with van der Waals surface area (Å²) >= 11 is 0. The highest BCUT2D eigenvalue weighted by atomic mass is 19.4. The highest BCUT2D eigenvalue weighted by molar-refractivity contribution is 5.79. The molecule has 3 rings (SSSR count). The number of hydrogen-bond donors (Lipinski definition) is 0. The van der Waals surface area contributed by atoms with Crippen LogP contribution < -0.4 is 28.4 Å². The summed E-state index contributed by atoms with van der Waals surface area (Å²) in [7, 11) is 0. The van der Waals surface area contributed by atoms with Crippen molar-refractivity contribution in [3.8, 4) is 34.5 Å². The highest BCUT2D eigenvalue weighted by Crippen LogP contribution is 2.35. The van der Waals surface area contributed by atoms with Crippen LogP contribution in [0.15, 0.2) is 72.8 Å². The molecule has 1 atom stereocenters. The first-order chi connectivity index (χ1) is 36.2. The Morgan fingerprint density at radius 2 is 0.759 bits per heavy atom. The van der Waals surface area contributed by atoms with Crippen LogP contribution >= 0.6 is 0 Å². The molecule has 0 radical (unpaired) electrons. The van der Waals surface area contributed by atoms with Gasteiger partial charge >= 0.3 is 48.2 Å². The standard InChI is InChI=1S/C20H25F5O5.C17H21F3O5.C17H22F2O5/c1-4-18(2,3)17(27)30-15-8-6-14(7-9-15)29-12-16(26)28-11-5-10-19(21,22)13-20(23,24)25;1-5-16(3,4)15(22)25-13-8-6-12(7-9-13)23-10-14(21)24-11(2)17(18,19)20;1-5-16(2,3)15(21)24-13-8-6-12(7-9-13)22-10-14(20)23-11-17(4,18)19/h6-9H,4-5,10-13H2,1-3H3;6-9,11H,5,10H2,1-4H3;6-9H,5,10-11H2,1-4H3. The Balaban J connectivity index is 0.000000597. The lowest BCUT2D eigenvalue weighted by molar-refractivity contribution is -0.217. The zero-order valence-electron chi connectivity index (χ0n) is 45.7. The van der Waals surface area contributed by atoms with Crippen molar-refractivity contribution in [3.63, 3.8) is 0 Å². The van der Waals surface area contributed by atoms with Gasteiger partial charge in [0.15, 0.2) is 32.5 Å². The second-order valence-electron chi connectivity index (χ2n) is 19.5. The van der Waals surface area contributed by atoms with Crippen LogP contribution in [0.2, 0.25) is 0 Å². The molecule has 0 saturated carbocycles. The van der Waals surface area contributed by atoms with E-state index in [0.717, 1.165) is 6.92 Å². The molecule has 0 amide bonds. The predicted molar refractivity (Wildman–Crippen MR) is 264 cm³/mol. The fraction of sp³-hybridized carbons (Fsp3) is 0.556. The molecule has 1 unspecified atom stereocenters. The Kier molecular flexibility index (Phi) is 27.6. The van der Waals surface area contributed by atoms with Gasteiger partial charge in [0.2, 0.25) is 0 Å². The van der Waals surface area contributed by atoms with Crippen LogP contribution in [0.4, 0.5) is 43.9 Å². The summed E-state index contributed by atoms with van der Waals surface area (Å²) < 4.78 is 168. The van der Waals surface area contributed by atoms with E-state index in [1.54, 1.807) is 41.5 Å². The van der Waals surface area contributed by atoms with Crippen LogP contribution in [0.25, 0.3) is 0 Å². The van der Waals surface area contributed by atoms with Crippen molar-refractivity contribution in [2.45, 2.75) is 145 Å². The molecular formula is C54H68F10O15. The van der Waals surface area contributed by atoms with Crippen molar-refractivity contribution in [3.05, 3.63) is 72.8 Å². The Morgan fingerprint density at radius 1 is 0.456 bits per heavy atom. The van der Waals surface area contributed by atoms with Crippen molar-refractivity contribution < 1.29 is 115 Å². The Hall–Kier alpha value is -6.82. The van der Waals surface area contributed by atoms with Gasteiger partial charge in [-0.25, -0.2) is 31.9 Å². The molecule has 79 heavy (non-hydrogen) atoms. The number of halogens is 10. The molecule has 0 fully saturated rings. The molecule has 0 aliphatic carbocycles. The minimum absolute atomic E-state index is 0.228. The number of alkyl halides is 10. The van der Waals surface area contributed by atoms with E-state index >= 15 is 0 Å². The quantitative estimate of drug-likeness (QED) is 0.0243. The number of rotatable bonds is 26. The molecule has 0 aliphatic heterocycles. The van der Waals surface area contributed by atoms with Crippen molar-refractivity contribution in [1.82, 2.24) is 0 Å². The minimum Gasteiger partial charge on any atom is -0.482 e. The van der Waals surface area contributed by atoms with Crippen molar-refractivity contribution in [2.75, 3.05) is 33.0 Å². The Labute approximate surface area is 451 Å². The second kappa shape index (κ2) is 31.1. The first-order valence-corrected chi connectivity index (χ1v) is 24.5. The molecule has 0 aromatic heterocycles. The molecule has 0 aliphatic rings. The third-order valence-corrected chi connectivity index (χ3v) is 11.1. The number of ether oxygens (including phenoxy) is 9. The first-order valence-electron chi connectivity index (χ1n) is 24.5. The molecule has 0 saturated heterocycles. The summed E-state index contributed by atoms with van der Waals surface area (Å²) in [5.74, 6) is -9.19. The number of hydrogen-bond acceptors (Lipinski definition) is 15. The third-order valence-electron chi connectivity index (χ3n) is 11.1. The molecule has 0 spiro atoms. The predicted octanol–water partition coefficient (Wildman–Crippen LogP) is 12.8. The molecule has 15 nitrogen and oxygen atoms in total.